The molecule has 0 N–H and O–H groups in total. The fraction of sp³-hybridized carbons (Fsp3) is 0.667. The molecule has 1 aromatic rings. The van der Waals surface area contributed by atoms with Crippen LogP contribution in [0, 0.1) is 0 Å². The lowest BCUT2D eigenvalue weighted by molar-refractivity contribution is 0.372. The van der Waals surface area contributed by atoms with Crippen molar-refractivity contribution in [3.63, 3.8) is 0 Å². The van der Waals surface area contributed by atoms with Crippen molar-refractivity contribution in [1.82, 2.24) is 5.32 Å². The third-order valence-corrected chi connectivity index (χ3v) is 1.84. The highest BCUT2D eigenvalue weighted by Gasteiger charge is 2.10. The van der Waals surface area contributed by atoms with Gasteiger partial charge in [0.25, 0.3) is 5.88 Å². The molecule has 73 valence electrons. The molecule has 4 heteroatoms. The zero-order valence-corrected chi connectivity index (χ0v) is 8.00. The fourth-order valence-corrected chi connectivity index (χ4v) is 1.16. The number of rotatable bonds is 5. The summed E-state index contributed by atoms with van der Waals surface area (Å²) in [5.41, 5.74) is 0. The lowest BCUT2D eigenvalue weighted by Crippen LogP contribution is -1.90. The van der Waals surface area contributed by atoms with Crippen molar-refractivity contribution in [3.05, 3.63) is 16.4 Å². The van der Waals surface area contributed by atoms with Gasteiger partial charge in [-0.05, 0) is 6.42 Å². The maximum absolute atomic E-state index is 10.7. The van der Waals surface area contributed by atoms with E-state index in [1.165, 1.54) is 0 Å². The zero-order chi connectivity index (χ0) is 9.68. The Bertz CT molecular complexity index is 300. The average Bonchev–Trinajstić information content (AvgIpc) is 2.47. The molecule has 1 rings (SSSR count). The van der Waals surface area contributed by atoms with Gasteiger partial charge in [-0.25, -0.2) is 4.79 Å². The van der Waals surface area contributed by atoms with Crippen LogP contribution in [-0.2, 0) is 6.42 Å². The number of aryl methyl sites for hydroxylation is 1. The molecule has 0 saturated carbocycles. The lowest BCUT2D eigenvalue weighted by Gasteiger charge is -1.95. The highest BCUT2D eigenvalue weighted by Crippen LogP contribution is 2.15. The van der Waals surface area contributed by atoms with Crippen molar-refractivity contribution in [2.75, 3.05) is 7.05 Å². The van der Waals surface area contributed by atoms with Gasteiger partial charge in [-0.1, -0.05) is 19.8 Å². The van der Waals surface area contributed by atoms with Crippen LogP contribution in [0.25, 0.3) is 0 Å². The first-order valence-corrected chi connectivity index (χ1v) is 4.50. The molecule has 0 fully saturated rings. The number of nitrogens with zero attached hydrogens (tertiary/aromatic N) is 1. The molecule has 0 amide bonds. The van der Waals surface area contributed by atoms with E-state index in [2.05, 4.69) is 12.2 Å². The number of hydrogen-bond donors (Lipinski definition) is 0. The minimum absolute atomic E-state index is 0.334. The van der Waals surface area contributed by atoms with E-state index in [1.807, 2.05) is 0 Å². The summed E-state index contributed by atoms with van der Waals surface area (Å²) in [6.07, 6.45) is 3.99. The van der Waals surface area contributed by atoms with E-state index in [1.54, 1.807) is 7.05 Å². The number of unbranched alkanes of at least 4 members (excludes halogenated alkanes) is 2. The molecule has 0 aliphatic rings. The van der Waals surface area contributed by atoms with Gasteiger partial charge in [-0.3, -0.25) is 5.32 Å². The van der Waals surface area contributed by atoms with Crippen molar-refractivity contribution in [2.45, 2.75) is 32.6 Å². The summed E-state index contributed by atoms with van der Waals surface area (Å²) in [5.74, 6) is 0.245. The van der Waals surface area contributed by atoms with Gasteiger partial charge in [0.1, 0.15) is 0 Å². The van der Waals surface area contributed by atoms with Crippen LogP contribution < -0.4 is 11.1 Å². The highest BCUT2D eigenvalue weighted by atomic mass is 16.6. The van der Waals surface area contributed by atoms with Crippen LogP contribution in [0.4, 0.5) is 5.88 Å². The standard InChI is InChI=1S/C9H14NO3/c1-3-4-5-6-7-8(10-2)13-9(11)12-7/h3-6H2,1-2H3. The van der Waals surface area contributed by atoms with Crippen LogP contribution in [0.1, 0.15) is 31.9 Å². The maximum Gasteiger partial charge on any atom is 0.520 e. The normalized spacial score (nSPS) is 10.3. The van der Waals surface area contributed by atoms with Crippen LogP contribution >= 0.6 is 0 Å². The second-order valence-corrected chi connectivity index (χ2v) is 2.86. The molecule has 1 heterocycles. The van der Waals surface area contributed by atoms with E-state index < -0.39 is 5.82 Å². The summed E-state index contributed by atoms with van der Waals surface area (Å²) < 4.78 is 9.54. The van der Waals surface area contributed by atoms with Crippen LogP contribution in [0.2, 0.25) is 0 Å². The van der Waals surface area contributed by atoms with Gasteiger partial charge < -0.3 is 8.83 Å². The molecule has 0 aliphatic heterocycles. The Labute approximate surface area is 76.9 Å². The van der Waals surface area contributed by atoms with Crippen molar-refractivity contribution in [1.29, 1.82) is 0 Å². The molecule has 4 nitrogen and oxygen atoms in total. The van der Waals surface area contributed by atoms with Crippen LogP contribution in [-0.4, -0.2) is 7.05 Å². The van der Waals surface area contributed by atoms with E-state index in [-0.39, 0.29) is 0 Å². The molecule has 0 unspecified atom stereocenters. The summed E-state index contributed by atoms with van der Waals surface area (Å²) in [4.78, 5) is 10.7. The fourth-order valence-electron chi connectivity index (χ4n) is 1.16. The van der Waals surface area contributed by atoms with E-state index in [0.717, 1.165) is 25.7 Å². The van der Waals surface area contributed by atoms with Crippen LogP contribution in [0.3, 0.4) is 0 Å². The van der Waals surface area contributed by atoms with Gasteiger partial charge in [-0.15, -0.1) is 0 Å². The SMILES string of the molecule is CCCCCc1oc(=O)oc1[N]C. The van der Waals surface area contributed by atoms with Gasteiger partial charge >= 0.3 is 5.82 Å². The average molecular weight is 184 g/mol. The first-order chi connectivity index (χ1) is 6.27. The van der Waals surface area contributed by atoms with Gasteiger partial charge in [-0.2, -0.15) is 0 Å². The molecule has 0 aliphatic carbocycles. The Kier molecular flexibility index (Phi) is 3.61. The third kappa shape index (κ3) is 2.65. The van der Waals surface area contributed by atoms with E-state index in [9.17, 15) is 4.79 Å². The summed E-state index contributed by atoms with van der Waals surface area (Å²) >= 11 is 0. The van der Waals surface area contributed by atoms with E-state index in [4.69, 9.17) is 8.83 Å². The second kappa shape index (κ2) is 4.74. The molecular formula is C9H14NO3. The van der Waals surface area contributed by atoms with Crippen LogP contribution in [0.5, 0.6) is 0 Å². The molecule has 1 radical (unpaired) electrons. The topological polar surface area (TPSA) is 57.5 Å². The maximum atomic E-state index is 10.7. The zero-order valence-electron chi connectivity index (χ0n) is 8.00. The Balaban J connectivity index is 2.59. The summed E-state index contributed by atoms with van der Waals surface area (Å²) in [6.45, 7) is 2.12. The Morgan fingerprint density at radius 2 is 2.08 bits per heavy atom. The summed E-state index contributed by atoms with van der Waals surface area (Å²) in [6, 6.07) is 0. The minimum atomic E-state index is -0.660. The predicted molar refractivity (Wildman–Crippen MR) is 48.2 cm³/mol. The van der Waals surface area contributed by atoms with Gasteiger partial charge in [0.2, 0.25) is 0 Å². The first-order valence-electron chi connectivity index (χ1n) is 4.50. The lowest BCUT2D eigenvalue weighted by atomic mass is 10.2. The molecule has 0 bridgehead atoms. The minimum Gasteiger partial charge on any atom is -0.393 e. The van der Waals surface area contributed by atoms with Gasteiger partial charge in [0.05, 0.1) is 0 Å². The van der Waals surface area contributed by atoms with E-state index in [0.29, 0.717) is 11.6 Å². The first kappa shape index (κ1) is 9.89. The van der Waals surface area contributed by atoms with Crippen molar-refractivity contribution < 1.29 is 8.83 Å². The monoisotopic (exact) mass is 184 g/mol. The van der Waals surface area contributed by atoms with Gasteiger partial charge in [0.15, 0.2) is 5.76 Å². The predicted octanol–water partition coefficient (Wildman–Crippen LogP) is 1.83. The van der Waals surface area contributed by atoms with Crippen LogP contribution in [0.15, 0.2) is 13.6 Å². The molecule has 0 aromatic carbocycles. The third-order valence-electron chi connectivity index (χ3n) is 1.84. The van der Waals surface area contributed by atoms with Crippen molar-refractivity contribution in [3.8, 4) is 0 Å². The summed E-state index contributed by atoms with van der Waals surface area (Å²) in [7, 11) is 1.58. The van der Waals surface area contributed by atoms with E-state index >= 15 is 0 Å². The second-order valence-electron chi connectivity index (χ2n) is 2.86. The highest BCUT2D eigenvalue weighted by molar-refractivity contribution is 5.24. The summed E-state index contributed by atoms with van der Waals surface area (Å²) in [5, 5.41) is 3.81. The van der Waals surface area contributed by atoms with Crippen molar-refractivity contribution in [2.24, 2.45) is 0 Å². The molecule has 0 spiro atoms. The largest absolute Gasteiger partial charge is 0.520 e. The quantitative estimate of drug-likeness (QED) is 0.656. The Hall–Kier alpha value is -1.19. The smallest absolute Gasteiger partial charge is 0.393 e. The molecule has 13 heavy (non-hydrogen) atoms. The van der Waals surface area contributed by atoms with Gasteiger partial charge in [0, 0.05) is 13.5 Å². The number of hydrogen-bond acceptors (Lipinski definition) is 3. The molecule has 0 atom stereocenters. The van der Waals surface area contributed by atoms with Crippen molar-refractivity contribution >= 4 is 5.88 Å². The Morgan fingerprint density at radius 3 is 2.69 bits per heavy atom. The Morgan fingerprint density at radius 1 is 1.31 bits per heavy atom. The molecule has 0 saturated heterocycles. The molecule has 1 aromatic heterocycles. The molecular weight excluding hydrogens is 170 g/mol.